The van der Waals surface area contributed by atoms with Gasteiger partial charge >= 0.3 is 0 Å². The van der Waals surface area contributed by atoms with Gasteiger partial charge < -0.3 is 15.0 Å². The van der Waals surface area contributed by atoms with E-state index in [2.05, 4.69) is 162 Å². The predicted octanol–water partition coefficient (Wildman–Crippen LogP) is 12.5. The zero-order chi connectivity index (χ0) is 30.9. The minimum absolute atomic E-state index is 0.254. The summed E-state index contributed by atoms with van der Waals surface area (Å²) in [5, 5.41) is 13.5. The third-order valence-corrected chi connectivity index (χ3v) is 10.6. The molecule has 4 heteroatoms. The Bertz CT molecular complexity index is 2660. The van der Waals surface area contributed by atoms with Crippen molar-refractivity contribution >= 4 is 86.6 Å². The van der Waals surface area contributed by atoms with Crippen LogP contribution < -0.4 is 15.0 Å². The van der Waals surface area contributed by atoms with E-state index in [1.165, 1.54) is 41.7 Å². The van der Waals surface area contributed by atoms with Crippen molar-refractivity contribution in [2.45, 2.75) is 6.23 Å². The molecule has 2 heterocycles. The minimum atomic E-state index is -0.254. The van der Waals surface area contributed by atoms with Crippen LogP contribution >= 0.6 is 11.3 Å². The van der Waals surface area contributed by atoms with Crippen molar-refractivity contribution in [1.29, 1.82) is 0 Å². The fourth-order valence-corrected chi connectivity index (χ4v) is 8.37. The van der Waals surface area contributed by atoms with Gasteiger partial charge in [0.25, 0.3) is 0 Å². The van der Waals surface area contributed by atoms with Gasteiger partial charge in [-0.1, -0.05) is 115 Å². The Hall–Kier alpha value is -5.84. The minimum Gasteiger partial charge on any atom is -0.464 e. The van der Waals surface area contributed by atoms with E-state index in [1.54, 1.807) is 0 Å². The van der Waals surface area contributed by atoms with Crippen molar-refractivity contribution in [3.05, 3.63) is 163 Å². The Morgan fingerprint density at radius 3 is 1.96 bits per heavy atom. The van der Waals surface area contributed by atoms with Gasteiger partial charge in [0.2, 0.25) is 0 Å². The van der Waals surface area contributed by atoms with Gasteiger partial charge in [-0.3, -0.25) is 0 Å². The van der Waals surface area contributed by atoms with E-state index in [0.29, 0.717) is 0 Å². The fraction of sp³-hybridized carbons (Fsp3) is 0.0233. The standard InChI is InChI=1S/C43H28N2OS/c1-2-11-28(12-3-1)43-44-41-38-25-31(20-22-34(38)33-14-6-7-16-37(33)42(41)46-43)45(30-19-18-27-10-4-5-13-29(27)24-30)32-21-23-36-35-15-8-9-17-39(35)47-40(36)26-32/h1-26,43-44H. The van der Waals surface area contributed by atoms with Crippen LogP contribution in [0, 0.1) is 0 Å². The van der Waals surface area contributed by atoms with Gasteiger partial charge in [-0.25, -0.2) is 0 Å². The summed E-state index contributed by atoms with van der Waals surface area (Å²) < 4.78 is 9.28. The summed E-state index contributed by atoms with van der Waals surface area (Å²) >= 11 is 1.85. The molecule has 222 valence electrons. The van der Waals surface area contributed by atoms with Crippen molar-refractivity contribution in [3.8, 4) is 5.75 Å². The van der Waals surface area contributed by atoms with Gasteiger partial charge in [-0.2, -0.15) is 0 Å². The highest BCUT2D eigenvalue weighted by Crippen LogP contribution is 2.50. The van der Waals surface area contributed by atoms with Crippen LogP contribution in [0.4, 0.5) is 22.7 Å². The number of hydrogen-bond donors (Lipinski definition) is 1. The van der Waals surface area contributed by atoms with E-state index >= 15 is 0 Å². The lowest BCUT2D eigenvalue weighted by molar-refractivity contribution is 0.262. The number of thiophene rings is 1. The molecule has 1 atom stereocenters. The Morgan fingerprint density at radius 2 is 1.09 bits per heavy atom. The van der Waals surface area contributed by atoms with Crippen LogP contribution in [-0.2, 0) is 0 Å². The number of hydrogen-bond acceptors (Lipinski definition) is 4. The van der Waals surface area contributed by atoms with E-state index in [-0.39, 0.29) is 6.23 Å². The van der Waals surface area contributed by atoms with Gasteiger partial charge in [-0.05, 0) is 64.0 Å². The van der Waals surface area contributed by atoms with E-state index in [4.69, 9.17) is 4.74 Å². The number of fused-ring (bicyclic) bond motifs is 10. The number of ether oxygens (including phenoxy) is 1. The first-order chi connectivity index (χ1) is 23.3. The van der Waals surface area contributed by atoms with E-state index in [0.717, 1.165) is 44.8 Å². The molecule has 9 aromatic rings. The number of rotatable bonds is 4. The smallest absolute Gasteiger partial charge is 0.196 e. The van der Waals surface area contributed by atoms with Gasteiger partial charge in [0, 0.05) is 53.6 Å². The van der Waals surface area contributed by atoms with Crippen molar-refractivity contribution in [1.82, 2.24) is 0 Å². The average molecular weight is 621 g/mol. The Labute approximate surface area is 275 Å². The summed E-state index contributed by atoms with van der Waals surface area (Å²) in [5.74, 6) is 0.906. The maximum atomic E-state index is 6.69. The van der Waals surface area contributed by atoms with Crippen LogP contribution in [0.2, 0.25) is 0 Å². The third-order valence-electron chi connectivity index (χ3n) is 9.44. The summed E-state index contributed by atoms with van der Waals surface area (Å²) in [7, 11) is 0. The average Bonchev–Trinajstić information content (AvgIpc) is 3.75. The summed E-state index contributed by atoms with van der Waals surface area (Å²) in [6.45, 7) is 0. The van der Waals surface area contributed by atoms with Crippen LogP contribution in [-0.4, -0.2) is 0 Å². The second-order valence-electron chi connectivity index (χ2n) is 12.2. The molecule has 1 aliphatic heterocycles. The summed E-state index contributed by atoms with van der Waals surface area (Å²) in [5.41, 5.74) is 5.48. The van der Waals surface area contributed by atoms with Crippen molar-refractivity contribution in [3.63, 3.8) is 0 Å². The lowest BCUT2D eigenvalue weighted by atomic mass is 9.98. The first-order valence-corrected chi connectivity index (χ1v) is 16.8. The van der Waals surface area contributed by atoms with Gasteiger partial charge in [0.05, 0.1) is 5.69 Å². The highest BCUT2D eigenvalue weighted by Gasteiger charge is 2.28. The summed E-state index contributed by atoms with van der Waals surface area (Å²) in [6, 6.07) is 56.7. The van der Waals surface area contributed by atoms with Crippen LogP contribution in [0.5, 0.6) is 5.75 Å². The number of nitrogens with zero attached hydrogens (tertiary/aromatic N) is 1. The van der Waals surface area contributed by atoms with E-state index < -0.39 is 0 Å². The highest BCUT2D eigenvalue weighted by molar-refractivity contribution is 7.25. The first kappa shape index (κ1) is 26.4. The third kappa shape index (κ3) is 4.19. The lowest BCUT2D eigenvalue weighted by Gasteiger charge is -2.26. The molecule has 1 N–H and O–H groups in total. The first-order valence-electron chi connectivity index (χ1n) is 16.0. The molecule has 0 saturated heterocycles. The normalized spacial score (nSPS) is 14.1. The van der Waals surface area contributed by atoms with E-state index in [1.807, 2.05) is 17.4 Å². The van der Waals surface area contributed by atoms with Crippen molar-refractivity contribution in [2.24, 2.45) is 0 Å². The topological polar surface area (TPSA) is 24.5 Å². The second kappa shape index (κ2) is 10.3. The monoisotopic (exact) mass is 620 g/mol. The highest BCUT2D eigenvalue weighted by atomic mass is 32.1. The summed E-state index contributed by atoms with van der Waals surface area (Å²) in [4.78, 5) is 2.39. The molecular formula is C43H28N2OS. The number of benzene rings is 8. The molecule has 0 aliphatic carbocycles. The van der Waals surface area contributed by atoms with Crippen molar-refractivity contribution in [2.75, 3.05) is 10.2 Å². The molecule has 0 fully saturated rings. The molecule has 0 bridgehead atoms. The fourth-order valence-electron chi connectivity index (χ4n) is 7.23. The Kier molecular flexibility index (Phi) is 5.81. The molecule has 0 radical (unpaired) electrons. The molecule has 0 amide bonds. The van der Waals surface area contributed by atoms with Crippen LogP contribution in [0.25, 0.3) is 52.5 Å². The maximum absolute atomic E-state index is 6.69. The molecule has 47 heavy (non-hydrogen) atoms. The second-order valence-corrected chi connectivity index (χ2v) is 13.3. The SMILES string of the molecule is c1ccc(C2Nc3c(c4ccccc4c4ccc(N(c5ccc6ccccc6c5)c5ccc6c(c5)sc5ccccc56)cc34)O2)cc1. The molecule has 1 unspecified atom stereocenters. The molecule has 0 saturated carbocycles. The molecular weight excluding hydrogens is 593 g/mol. The molecule has 0 spiro atoms. The zero-order valence-corrected chi connectivity index (χ0v) is 26.2. The Morgan fingerprint density at radius 1 is 0.468 bits per heavy atom. The largest absolute Gasteiger partial charge is 0.464 e. The number of nitrogens with one attached hydrogen (secondary N) is 1. The molecule has 3 nitrogen and oxygen atoms in total. The molecule has 8 aromatic carbocycles. The molecule has 1 aliphatic rings. The van der Waals surface area contributed by atoms with Gasteiger partial charge in [0.15, 0.2) is 12.0 Å². The predicted molar refractivity (Wildman–Crippen MR) is 200 cm³/mol. The summed E-state index contributed by atoms with van der Waals surface area (Å²) in [6.07, 6.45) is -0.254. The Balaban J connectivity index is 1.20. The molecule has 1 aromatic heterocycles. The van der Waals surface area contributed by atoms with E-state index in [9.17, 15) is 0 Å². The number of anilines is 4. The van der Waals surface area contributed by atoms with Gasteiger partial charge in [0.1, 0.15) is 0 Å². The molecule has 10 rings (SSSR count). The van der Waals surface area contributed by atoms with Crippen LogP contribution in [0.1, 0.15) is 11.8 Å². The van der Waals surface area contributed by atoms with Crippen molar-refractivity contribution < 1.29 is 4.74 Å². The van der Waals surface area contributed by atoms with Gasteiger partial charge in [-0.15, -0.1) is 11.3 Å². The lowest BCUT2D eigenvalue weighted by Crippen LogP contribution is -2.10. The zero-order valence-electron chi connectivity index (χ0n) is 25.4. The van der Waals surface area contributed by atoms with Crippen LogP contribution in [0.3, 0.4) is 0 Å². The van der Waals surface area contributed by atoms with Crippen LogP contribution in [0.15, 0.2) is 158 Å². The maximum Gasteiger partial charge on any atom is 0.196 e. The quantitative estimate of drug-likeness (QED) is 0.198.